The average Bonchev–Trinajstić information content (AvgIpc) is 3.23. The average molecular weight is 408 g/mol. The van der Waals surface area contributed by atoms with E-state index >= 15 is 0 Å². The molecule has 1 aromatic heterocycles. The molecule has 0 bridgehead atoms. The number of anilines is 1. The molecule has 4 nitrogen and oxygen atoms in total. The maximum absolute atomic E-state index is 13.6. The van der Waals surface area contributed by atoms with E-state index in [-0.39, 0.29) is 17.7 Å². The largest absolute Gasteiger partial charge is 0.418 e. The van der Waals surface area contributed by atoms with Gasteiger partial charge in [0.05, 0.1) is 0 Å². The van der Waals surface area contributed by atoms with Crippen molar-refractivity contribution in [3.8, 4) is 11.5 Å². The van der Waals surface area contributed by atoms with Crippen molar-refractivity contribution in [1.82, 2.24) is 10.2 Å². The van der Waals surface area contributed by atoms with E-state index in [1.54, 1.807) is 12.1 Å². The Morgan fingerprint density at radius 3 is 2.55 bits per heavy atom. The number of nitrogens with zero attached hydrogens (tertiary/aromatic N) is 2. The van der Waals surface area contributed by atoms with Crippen LogP contribution in [-0.4, -0.2) is 10.2 Å². The number of rotatable bonds is 6. The smallest absolute Gasteiger partial charge is 0.247 e. The number of nitrogens with one attached hydrogen (secondary N) is 1. The van der Waals surface area contributed by atoms with Crippen LogP contribution >= 0.6 is 11.6 Å². The monoisotopic (exact) mass is 407 g/mol. The van der Waals surface area contributed by atoms with Crippen molar-refractivity contribution < 1.29 is 8.81 Å². The zero-order valence-electron chi connectivity index (χ0n) is 15.8. The first-order valence-corrected chi connectivity index (χ1v) is 9.70. The second kappa shape index (κ2) is 8.45. The first-order chi connectivity index (χ1) is 14.1. The van der Waals surface area contributed by atoms with E-state index in [0.717, 1.165) is 17.7 Å². The van der Waals surface area contributed by atoms with E-state index in [2.05, 4.69) is 34.6 Å². The highest BCUT2D eigenvalue weighted by Gasteiger charge is 2.22. The minimum absolute atomic E-state index is 0.266. The summed E-state index contributed by atoms with van der Waals surface area (Å²) in [6, 6.07) is 21.3. The first-order valence-electron chi connectivity index (χ1n) is 9.32. The third kappa shape index (κ3) is 4.46. The third-order valence-electron chi connectivity index (χ3n) is 4.61. The van der Waals surface area contributed by atoms with Gasteiger partial charge in [0.2, 0.25) is 11.8 Å². The Hall–Kier alpha value is -3.18. The van der Waals surface area contributed by atoms with Crippen LogP contribution in [0.5, 0.6) is 0 Å². The van der Waals surface area contributed by atoms with E-state index in [0.29, 0.717) is 16.5 Å². The molecular formula is C23H19ClFN3O. The van der Waals surface area contributed by atoms with Crippen LogP contribution in [0.25, 0.3) is 11.5 Å². The van der Waals surface area contributed by atoms with Crippen LogP contribution in [-0.2, 0) is 6.42 Å². The normalized spacial score (nSPS) is 12.0. The molecule has 4 rings (SSSR count). The van der Waals surface area contributed by atoms with Crippen molar-refractivity contribution >= 4 is 17.3 Å². The Morgan fingerprint density at radius 1 is 1.00 bits per heavy atom. The van der Waals surface area contributed by atoms with Crippen molar-refractivity contribution in [2.75, 3.05) is 5.32 Å². The second-order valence-corrected chi connectivity index (χ2v) is 7.08. The molecule has 146 valence electrons. The second-order valence-electron chi connectivity index (χ2n) is 6.64. The van der Waals surface area contributed by atoms with Crippen LogP contribution in [0.1, 0.15) is 30.0 Å². The first kappa shape index (κ1) is 19.2. The van der Waals surface area contributed by atoms with Gasteiger partial charge in [-0.1, -0.05) is 48.9 Å². The van der Waals surface area contributed by atoms with Crippen molar-refractivity contribution in [2.24, 2.45) is 0 Å². The molecule has 0 radical (unpaired) electrons. The summed E-state index contributed by atoms with van der Waals surface area (Å²) in [6.45, 7) is 2.11. The summed E-state index contributed by atoms with van der Waals surface area (Å²) in [6.07, 6.45) is 0.936. The van der Waals surface area contributed by atoms with Gasteiger partial charge in [0.1, 0.15) is 11.9 Å². The molecule has 1 heterocycles. The Balaban J connectivity index is 1.71. The molecule has 1 N–H and O–H groups in total. The number of benzene rings is 3. The molecule has 0 unspecified atom stereocenters. The lowest BCUT2D eigenvalue weighted by molar-refractivity contribution is 0.493. The highest BCUT2D eigenvalue weighted by atomic mass is 35.5. The summed E-state index contributed by atoms with van der Waals surface area (Å²) < 4.78 is 19.5. The van der Waals surface area contributed by atoms with Crippen LogP contribution in [0.15, 0.2) is 77.2 Å². The highest BCUT2D eigenvalue weighted by molar-refractivity contribution is 6.30. The van der Waals surface area contributed by atoms with Crippen molar-refractivity contribution in [3.63, 3.8) is 0 Å². The van der Waals surface area contributed by atoms with Gasteiger partial charge in [-0.2, -0.15) is 0 Å². The van der Waals surface area contributed by atoms with E-state index in [1.165, 1.54) is 17.7 Å². The standard InChI is InChI=1S/C23H19ClFN3O/c1-2-15-5-3-8-20(13-15)26-21(16-9-11-18(24)12-10-16)23-28-27-22(29-23)17-6-4-7-19(25)14-17/h3-14,21,26H,2H2,1H3/t21-/m1/s1. The van der Waals surface area contributed by atoms with Crippen LogP contribution in [0.3, 0.4) is 0 Å². The number of hydrogen-bond donors (Lipinski definition) is 1. The highest BCUT2D eigenvalue weighted by Crippen LogP contribution is 2.29. The zero-order valence-corrected chi connectivity index (χ0v) is 16.5. The molecule has 1 atom stereocenters. The van der Waals surface area contributed by atoms with Gasteiger partial charge in [-0.15, -0.1) is 10.2 Å². The molecule has 3 aromatic carbocycles. The maximum Gasteiger partial charge on any atom is 0.247 e. The molecule has 4 aromatic rings. The maximum atomic E-state index is 13.6. The van der Waals surface area contributed by atoms with E-state index in [9.17, 15) is 4.39 Å². The minimum atomic E-state index is -0.380. The van der Waals surface area contributed by atoms with Crippen LogP contribution in [0.4, 0.5) is 10.1 Å². The molecule has 0 saturated heterocycles. The molecule has 6 heteroatoms. The van der Waals surface area contributed by atoms with Gasteiger partial charge >= 0.3 is 0 Å². The predicted octanol–water partition coefficient (Wildman–Crippen LogP) is 6.29. The molecule has 0 fully saturated rings. The lowest BCUT2D eigenvalue weighted by atomic mass is 10.1. The SMILES string of the molecule is CCc1cccc(N[C@H](c2ccc(Cl)cc2)c2nnc(-c3cccc(F)c3)o2)c1. The van der Waals surface area contributed by atoms with Gasteiger partial charge in [0.25, 0.3) is 0 Å². The van der Waals surface area contributed by atoms with E-state index in [1.807, 2.05) is 36.4 Å². The number of hydrogen-bond acceptors (Lipinski definition) is 4. The zero-order chi connectivity index (χ0) is 20.2. The molecular weight excluding hydrogens is 389 g/mol. The van der Waals surface area contributed by atoms with Gasteiger partial charge in [-0.3, -0.25) is 0 Å². The van der Waals surface area contributed by atoms with Gasteiger partial charge in [0.15, 0.2) is 0 Å². The van der Waals surface area contributed by atoms with E-state index < -0.39 is 0 Å². The lowest BCUT2D eigenvalue weighted by Gasteiger charge is -2.17. The molecule has 0 aliphatic carbocycles. The van der Waals surface area contributed by atoms with Crippen LogP contribution < -0.4 is 5.32 Å². The van der Waals surface area contributed by atoms with Gasteiger partial charge in [-0.25, -0.2) is 4.39 Å². The van der Waals surface area contributed by atoms with Gasteiger partial charge in [0, 0.05) is 16.3 Å². The molecule has 29 heavy (non-hydrogen) atoms. The van der Waals surface area contributed by atoms with Crippen LogP contribution in [0.2, 0.25) is 5.02 Å². The molecule has 0 spiro atoms. The molecule has 0 saturated carbocycles. The summed E-state index contributed by atoms with van der Waals surface area (Å²) in [7, 11) is 0. The molecule has 0 aliphatic heterocycles. The Bertz CT molecular complexity index is 1110. The quantitative estimate of drug-likeness (QED) is 0.408. The topological polar surface area (TPSA) is 51.0 Å². The third-order valence-corrected chi connectivity index (χ3v) is 4.86. The predicted molar refractivity (Wildman–Crippen MR) is 112 cm³/mol. The van der Waals surface area contributed by atoms with Crippen LogP contribution in [0, 0.1) is 5.82 Å². The van der Waals surface area contributed by atoms with Crippen molar-refractivity contribution in [2.45, 2.75) is 19.4 Å². The van der Waals surface area contributed by atoms with Gasteiger partial charge < -0.3 is 9.73 Å². The lowest BCUT2D eigenvalue weighted by Crippen LogP contribution is -2.13. The van der Waals surface area contributed by atoms with Crippen molar-refractivity contribution in [1.29, 1.82) is 0 Å². The van der Waals surface area contributed by atoms with Gasteiger partial charge in [-0.05, 0) is 60.0 Å². The fourth-order valence-corrected chi connectivity index (χ4v) is 3.21. The number of halogens is 2. The van der Waals surface area contributed by atoms with E-state index in [4.69, 9.17) is 16.0 Å². The molecule has 0 aliphatic rings. The fourth-order valence-electron chi connectivity index (χ4n) is 3.08. The Labute approximate surface area is 173 Å². The Morgan fingerprint density at radius 2 is 1.79 bits per heavy atom. The summed E-state index contributed by atoms with van der Waals surface area (Å²) in [5.41, 5.74) is 3.61. The fraction of sp³-hybridized carbons (Fsp3) is 0.130. The molecule has 0 amide bonds. The summed E-state index contributed by atoms with van der Waals surface area (Å²) in [5.74, 6) is 0.294. The summed E-state index contributed by atoms with van der Waals surface area (Å²) in [5, 5.41) is 12.5. The Kier molecular flexibility index (Phi) is 5.58. The summed E-state index contributed by atoms with van der Waals surface area (Å²) >= 11 is 6.05. The number of aromatic nitrogens is 2. The van der Waals surface area contributed by atoms with Crippen molar-refractivity contribution in [3.05, 3.63) is 101 Å². The summed E-state index contributed by atoms with van der Waals surface area (Å²) in [4.78, 5) is 0. The minimum Gasteiger partial charge on any atom is -0.418 e. The number of aryl methyl sites for hydroxylation is 1.